The molecule has 6 aromatic carbocycles. The van der Waals surface area contributed by atoms with Gasteiger partial charge in [-0.15, -0.1) is 68.6 Å². The van der Waals surface area contributed by atoms with Crippen molar-refractivity contribution in [1.82, 2.24) is 0 Å². The van der Waals surface area contributed by atoms with Crippen LogP contribution in [0.5, 0.6) is 0 Å². The monoisotopic (exact) mass is 942 g/mol. The molecule has 0 aliphatic carbocycles. The minimum atomic E-state index is -0.0171. The molecule has 0 atom stereocenters. The van der Waals surface area contributed by atoms with Gasteiger partial charge in [-0.25, -0.2) is 0 Å². The molecule has 0 fully saturated rings. The summed E-state index contributed by atoms with van der Waals surface area (Å²) < 4.78 is 0. The standard InChI is InChI=1S/2C27H36P.2ClH.Zr/c2*1-3-5-7-12-19-28(20-13-8-6-4-2)25-21-24-17-14-18-26(27(24)22-25)23-15-10-9-11-16-23;;;/h2*9-11,14-18,21-22H,3-8,12-13,19-20H2,1-2H3;2*1H;/q2*-1;;;+4/p-2. The van der Waals surface area contributed by atoms with Crippen LogP contribution < -0.4 is 35.4 Å². The van der Waals surface area contributed by atoms with Gasteiger partial charge in [0.25, 0.3) is 0 Å². The van der Waals surface area contributed by atoms with Crippen LogP contribution in [0.25, 0.3) is 43.8 Å². The van der Waals surface area contributed by atoms with Gasteiger partial charge in [-0.2, -0.15) is 12.1 Å². The van der Waals surface area contributed by atoms with Gasteiger partial charge < -0.3 is 24.8 Å². The molecule has 6 rings (SSSR count). The third-order valence-corrected chi connectivity index (χ3v) is 16.9. The van der Waals surface area contributed by atoms with Crippen LogP contribution in [-0.4, -0.2) is 24.6 Å². The Morgan fingerprint density at radius 2 is 0.695 bits per heavy atom. The fourth-order valence-corrected chi connectivity index (χ4v) is 13.4. The predicted octanol–water partition coefficient (Wildman–Crippen LogP) is 11.0. The summed E-state index contributed by atoms with van der Waals surface area (Å²) in [4.78, 5) is 0. The number of halogens is 2. The summed E-state index contributed by atoms with van der Waals surface area (Å²) >= 11 is 0. The molecule has 0 bridgehead atoms. The maximum absolute atomic E-state index is 2.53. The number of rotatable bonds is 24. The van der Waals surface area contributed by atoms with Crippen molar-refractivity contribution >= 4 is 48.0 Å². The maximum atomic E-state index is 2.53. The second-order valence-corrected chi connectivity index (χ2v) is 21.0. The summed E-state index contributed by atoms with van der Waals surface area (Å²) in [6.45, 7) is 9.23. The number of fused-ring (bicyclic) bond motifs is 2. The van der Waals surface area contributed by atoms with Gasteiger partial charge in [-0.3, -0.25) is 0 Å². The van der Waals surface area contributed by atoms with E-state index in [1.54, 1.807) is 10.6 Å². The summed E-state index contributed by atoms with van der Waals surface area (Å²) in [5, 5.41) is 9.01. The smallest absolute Gasteiger partial charge is 1.00 e. The van der Waals surface area contributed by atoms with Crippen molar-refractivity contribution in [2.24, 2.45) is 0 Å². The van der Waals surface area contributed by atoms with E-state index in [0.29, 0.717) is 0 Å². The van der Waals surface area contributed by atoms with Gasteiger partial charge in [-0.05, 0) is 61.5 Å². The van der Waals surface area contributed by atoms with E-state index in [0.717, 1.165) is 0 Å². The number of unbranched alkanes of at least 4 members (excludes halogenated alkanes) is 12. The normalized spacial score (nSPS) is 10.9. The van der Waals surface area contributed by atoms with E-state index in [4.69, 9.17) is 0 Å². The molecule has 316 valence electrons. The van der Waals surface area contributed by atoms with Crippen LogP contribution in [0.15, 0.2) is 121 Å². The zero-order valence-electron chi connectivity index (χ0n) is 36.8. The van der Waals surface area contributed by atoms with Crippen LogP contribution in [0.3, 0.4) is 0 Å². The summed E-state index contributed by atoms with van der Waals surface area (Å²) in [5.41, 5.74) is 5.44. The summed E-state index contributed by atoms with van der Waals surface area (Å²) in [6, 6.07) is 45.4. The Morgan fingerprint density at radius 1 is 0.373 bits per heavy atom. The van der Waals surface area contributed by atoms with Crippen molar-refractivity contribution in [3.63, 3.8) is 0 Å². The largest absolute Gasteiger partial charge is 4.00 e. The van der Waals surface area contributed by atoms with Gasteiger partial charge >= 0.3 is 26.2 Å². The van der Waals surface area contributed by atoms with E-state index in [1.165, 1.54) is 171 Å². The summed E-state index contributed by atoms with van der Waals surface area (Å²) in [6.07, 6.45) is 27.8. The first-order valence-electron chi connectivity index (χ1n) is 22.7. The zero-order valence-corrected chi connectivity index (χ0v) is 42.6. The second kappa shape index (κ2) is 31.3. The van der Waals surface area contributed by atoms with Crippen LogP contribution in [0, 0.1) is 0 Å². The summed E-state index contributed by atoms with van der Waals surface area (Å²) in [5.74, 6) is 0. The third kappa shape index (κ3) is 17.3. The fourth-order valence-electron chi connectivity index (χ4n) is 8.20. The number of hydrogen-bond donors (Lipinski definition) is 0. The first kappa shape index (κ1) is 53.6. The Morgan fingerprint density at radius 3 is 1.00 bits per heavy atom. The molecule has 6 aromatic rings. The molecule has 0 saturated heterocycles. The second-order valence-electron chi connectivity index (χ2n) is 16.0. The molecule has 0 amide bonds. The molecular formula is C54H72Cl2P2Zr. The average Bonchev–Trinajstić information content (AvgIpc) is 3.89. The van der Waals surface area contributed by atoms with E-state index < -0.39 is 0 Å². The Balaban J connectivity index is 0.000000387. The molecule has 0 aliphatic rings. The van der Waals surface area contributed by atoms with Crippen LogP contribution in [0.4, 0.5) is 0 Å². The van der Waals surface area contributed by atoms with Crippen molar-refractivity contribution in [3.8, 4) is 22.3 Å². The van der Waals surface area contributed by atoms with Crippen LogP contribution >= 0.6 is 15.8 Å². The average molecular weight is 945 g/mol. The molecule has 0 spiro atoms. The molecule has 59 heavy (non-hydrogen) atoms. The molecule has 0 nitrogen and oxygen atoms in total. The van der Waals surface area contributed by atoms with Gasteiger partial charge in [0.2, 0.25) is 0 Å². The van der Waals surface area contributed by atoms with Crippen molar-refractivity contribution in [2.45, 2.75) is 130 Å². The van der Waals surface area contributed by atoms with E-state index in [2.05, 4.69) is 149 Å². The van der Waals surface area contributed by atoms with Crippen LogP contribution in [0.1, 0.15) is 130 Å². The minimum absolute atomic E-state index is 0. The molecule has 0 heterocycles. The van der Waals surface area contributed by atoms with Gasteiger partial charge in [0.15, 0.2) is 0 Å². The first-order valence-corrected chi connectivity index (χ1v) is 26.1. The van der Waals surface area contributed by atoms with Crippen molar-refractivity contribution in [3.05, 3.63) is 121 Å². The van der Waals surface area contributed by atoms with Crippen LogP contribution in [-0.2, 0) is 26.2 Å². The maximum Gasteiger partial charge on any atom is 4.00 e. The van der Waals surface area contributed by atoms with Gasteiger partial charge in [0.05, 0.1) is 0 Å². The number of hydrogen-bond acceptors (Lipinski definition) is 0. The predicted molar refractivity (Wildman–Crippen MR) is 259 cm³/mol. The zero-order chi connectivity index (χ0) is 39.2. The molecule has 0 saturated carbocycles. The van der Waals surface area contributed by atoms with Gasteiger partial charge in [0, 0.05) is 0 Å². The minimum Gasteiger partial charge on any atom is -1.00 e. The Labute approximate surface area is 394 Å². The van der Waals surface area contributed by atoms with Crippen molar-refractivity contribution in [2.75, 3.05) is 24.6 Å². The Bertz CT molecular complexity index is 1770. The Hall–Kier alpha value is -1.58. The van der Waals surface area contributed by atoms with Gasteiger partial charge in [-0.1, -0.05) is 205 Å². The molecular weight excluding hydrogens is 873 g/mol. The van der Waals surface area contributed by atoms with Crippen LogP contribution in [0.2, 0.25) is 0 Å². The van der Waals surface area contributed by atoms with E-state index in [9.17, 15) is 0 Å². The first-order chi connectivity index (χ1) is 27.7. The SMILES string of the molecule is CCCCCCP(CCCCCC)c1cc2c(-c3ccccc3)cccc2[cH-]1.CCCCCCP(CCCCCC)c1cc2c(-c3ccccc3)cccc2[cH-]1.[Cl-].[Cl-].[Zr+4]. The molecule has 0 radical (unpaired) electrons. The van der Waals surface area contributed by atoms with Crippen molar-refractivity contribution < 1.29 is 51.0 Å². The van der Waals surface area contributed by atoms with E-state index >= 15 is 0 Å². The van der Waals surface area contributed by atoms with Gasteiger partial charge in [0.1, 0.15) is 0 Å². The molecule has 0 unspecified atom stereocenters. The molecule has 0 N–H and O–H groups in total. The quantitative estimate of drug-likeness (QED) is 0.0322. The fraction of sp³-hybridized carbons (Fsp3) is 0.444. The topological polar surface area (TPSA) is 0 Å². The number of benzene rings is 4. The van der Waals surface area contributed by atoms with E-state index in [1.807, 2.05) is 0 Å². The van der Waals surface area contributed by atoms with E-state index in [-0.39, 0.29) is 66.9 Å². The molecule has 0 aromatic heterocycles. The molecule has 5 heteroatoms. The van der Waals surface area contributed by atoms with Crippen molar-refractivity contribution in [1.29, 1.82) is 0 Å². The Kier molecular flexibility index (Phi) is 28.4. The third-order valence-electron chi connectivity index (χ3n) is 11.5. The molecule has 0 aliphatic heterocycles. The summed E-state index contributed by atoms with van der Waals surface area (Å²) in [7, 11) is -0.0342.